The molecular formula is C7H9F3N2. The molecule has 0 N–H and O–H groups in total. The minimum absolute atomic E-state index is 0.438. The molecule has 0 amide bonds. The van der Waals surface area contributed by atoms with Gasteiger partial charge in [-0.25, -0.2) is 0 Å². The van der Waals surface area contributed by atoms with Crippen molar-refractivity contribution in [1.29, 1.82) is 0 Å². The Morgan fingerprint density at radius 3 is 2.50 bits per heavy atom. The first-order chi connectivity index (χ1) is 5.41. The average Bonchev–Trinajstić information content (AvgIpc) is 1.92. The summed E-state index contributed by atoms with van der Waals surface area (Å²) in [6.45, 7) is 1.61. The summed E-state index contributed by atoms with van der Waals surface area (Å²) < 4.78 is 36.1. The van der Waals surface area contributed by atoms with Gasteiger partial charge in [-0.1, -0.05) is 0 Å². The van der Waals surface area contributed by atoms with E-state index in [1.807, 2.05) is 0 Å². The van der Waals surface area contributed by atoms with Crippen molar-refractivity contribution in [3.05, 3.63) is 12.3 Å². The Balaban J connectivity index is 2.84. The fourth-order valence-corrected chi connectivity index (χ4v) is 0.816. The molecule has 12 heavy (non-hydrogen) atoms. The molecule has 0 fully saturated rings. The second kappa shape index (κ2) is 2.80. The number of hydrogen-bond acceptors (Lipinski definition) is 2. The molecular weight excluding hydrogens is 169 g/mol. The van der Waals surface area contributed by atoms with Crippen LogP contribution < -0.4 is 0 Å². The quantitative estimate of drug-likeness (QED) is 0.552. The van der Waals surface area contributed by atoms with E-state index < -0.39 is 18.1 Å². The summed E-state index contributed by atoms with van der Waals surface area (Å²) in [6.07, 6.45) is -2.42. The summed E-state index contributed by atoms with van der Waals surface area (Å²) >= 11 is 0. The van der Waals surface area contributed by atoms with E-state index in [0.717, 1.165) is 6.08 Å². The summed E-state index contributed by atoms with van der Waals surface area (Å²) in [4.78, 5) is 5.07. The molecule has 0 aromatic rings. The van der Waals surface area contributed by atoms with Gasteiger partial charge in [0.05, 0.1) is 0 Å². The van der Waals surface area contributed by atoms with E-state index in [0.29, 0.717) is 0 Å². The van der Waals surface area contributed by atoms with E-state index in [2.05, 4.69) is 4.99 Å². The van der Waals surface area contributed by atoms with Crippen molar-refractivity contribution in [3.63, 3.8) is 0 Å². The molecule has 1 rings (SSSR count). The number of halogens is 3. The molecule has 0 aromatic heterocycles. The van der Waals surface area contributed by atoms with Crippen LogP contribution in [0.1, 0.15) is 6.92 Å². The van der Waals surface area contributed by atoms with Gasteiger partial charge < -0.3 is 4.90 Å². The zero-order valence-corrected chi connectivity index (χ0v) is 6.76. The lowest BCUT2D eigenvalue weighted by Crippen LogP contribution is -2.32. The highest BCUT2D eigenvalue weighted by Gasteiger charge is 2.35. The van der Waals surface area contributed by atoms with Gasteiger partial charge in [0.1, 0.15) is 11.9 Å². The standard InChI is InChI=1S/C7H9F3N2/c1-5-11-6(7(8,9)10)3-4-12(5)2/h3-5H,1-2H3. The third-order valence-corrected chi connectivity index (χ3v) is 1.67. The van der Waals surface area contributed by atoms with Gasteiger partial charge in [-0.05, 0) is 13.0 Å². The number of nitrogens with zero attached hydrogens (tertiary/aromatic N) is 2. The SMILES string of the molecule is CC1N=C(C(F)(F)F)C=CN1C. The summed E-state index contributed by atoms with van der Waals surface area (Å²) in [7, 11) is 1.68. The lowest BCUT2D eigenvalue weighted by molar-refractivity contribution is -0.0586. The average molecular weight is 178 g/mol. The zero-order chi connectivity index (χ0) is 9.35. The van der Waals surface area contributed by atoms with Crippen molar-refractivity contribution in [2.45, 2.75) is 19.3 Å². The fourth-order valence-electron chi connectivity index (χ4n) is 0.816. The van der Waals surface area contributed by atoms with Gasteiger partial charge >= 0.3 is 6.18 Å². The van der Waals surface area contributed by atoms with Crippen LogP contribution in [0, 0.1) is 0 Å². The number of rotatable bonds is 0. The predicted octanol–water partition coefficient (Wildman–Crippen LogP) is 1.79. The second-order valence-electron chi connectivity index (χ2n) is 2.63. The Kier molecular flexibility index (Phi) is 2.12. The second-order valence-corrected chi connectivity index (χ2v) is 2.63. The maximum atomic E-state index is 12.0. The first-order valence-electron chi connectivity index (χ1n) is 3.46. The molecule has 1 heterocycles. The Hall–Kier alpha value is -1.00. The first-order valence-corrected chi connectivity index (χ1v) is 3.46. The molecule has 0 saturated carbocycles. The Labute approximate surface area is 68.4 Å². The van der Waals surface area contributed by atoms with Gasteiger partial charge in [0.25, 0.3) is 0 Å². The van der Waals surface area contributed by atoms with Crippen molar-refractivity contribution in [2.75, 3.05) is 7.05 Å². The van der Waals surface area contributed by atoms with Crippen LogP contribution in [0.4, 0.5) is 13.2 Å². The molecule has 0 bridgehead atoms. The number of alkyl halides is 3. The molecule has 0 radical (unpaired) electrons. The Morgan fingerprint density at radius 2 is 2.08 bits per heavy atom. The highest BCUT2D eigenvalue weighted by molar-refractivity contribution is 5.99. The molecule has 0 spiro atoms. The van der Waals surface area contributed by atoms with Crippen LogP contribution in [-0.4, -0.2) is 30.0 Å². The van der Waals surface area contributed by atoms with Gasteiger partial charge in [-0.3, -0.25) is 4.99 Å². The Bertz CT molecular complexity index is 229. The first kappa shape index (κ1) is 9.09. The molecule has 1 unspecified atom stereocenters. The van der Waals surface area contributed by atoms with Gasteiger partial charge in [0.2, 0.25) is 0 Å². The summed E-state index contributed by atoms with van der Waals surface area (Å²) in [5.41, 5.74) is -0.812. The highest BCUT2D eigenvalue weighted by Crippen LogP contribution is 2.21. The lowest BCUT2D eigenvalue weighted by Gasteiger charge is -2.24. The van der Waals surface area contributed by atoms with Gasteiger partial charge in [-0.2, -0.15) is 13.2 Å². The van der Waals surface area contributed by atoms with E-state index in [-0.39, 0.29) is 0 Å². The maximum Gasteiger partial charge on any atom is 0.433 e. The van der Waals surface area contributed by atoms with E-state index in [1.54, 1.807) is 18.9 Å². The Morgan fingerprint density at radius 1 is 1.50 bits per heavy atom. The third kappa shape index (κ3) is 1.78. The number of allylic oxidation sites excluding steroid dienone is 1. The normalized spacial score (nSPS) is 24.2. The van der Waals surface area contributed by atoms with E-state index in [9.17, 15) is 13.2 Å². The molecule has 1 aliphatic rings. The summed E-state index contributed by atoms with van der Waals surface area (Å²) in [5.74, 6) is 0. The molecule has 5 heteroatoms. The molecule has 0 aromatic carbocycles. The van der Waals surface area contributed by atoms with Crippen molar-refractivity contribution in [3.8, 4) is 0 Å². The van der Waals surface area contributed by atoms with Crippen molar-refractivity contribution >= 4 is 5.71 Å². The highest BCUT2D eigenvalue weighted by atomic mass is 19.4. The predicted molar refractivity (Wildman–Crippen MR) is 39.9 cm³/mol. The molecule has 0 aliphatic carbocycles. The number of aliphatic imine (C=N–C) groups is 1. The maximum absolute atomic E-state index is 12.0. The van der Waals surface area contributed by atoms with Crippen molar-refractivity contribution < 1.29 is 13.2 Å². The van der Waals surface area contributed by atoms with Crippen LogP contribution in [0.5, 0.6) is 0 Å². The largest absolute Gasteiger partial charge is 0.433 e. The topological polar surface area (TPSA) is 15.6 Å². The van der Waals surface area contributed by atoms with Crippen LogP contribution in [0.2, 0.25) is 0 Å². The molecule has 0 saturated heterocycles. The smallest absolute Gasteiger partial charge is 0.359 e. The fraction of sp³-hybridized carbons (Fsp3) is 0.571. The molecule has 1 aliphatic heterocycles. The van der Waals surface area contributed by atoms with E-state index in [1.165, 1.54) is 6.20 Å². The van der Waals surface area contributed by atoms with Crippen molar-refractivity contribution in [1.82, 2.24) is 4.90 Å². The van der Waals surface area contributed by atoms with Gasteiger partial charge in [-0.15, -0.1) is 0 Å². The van der Waals surface area contributed by atoms with Crippen molar-refractivity contribution in [2.24, 2.45) is 4.99 Å². The minimum atomic E-state index is -4.33. The van der Waals surface area contributed by atoms with Crippen LogP contribution in [0.15, 0.2) is 17.3 Å². The monoisotopic (exact) mass is 178 g/mol. The van der Waals surface area contributed by atoms with E-state index in [4.69, 9.17) is 0 Å². The van der Waals surface area contributed by atoms with Crippen LogP contribution in [-0.2, 0) is 0 Å². The summed E-state index contributed by atoms with van der Waals surface area (Å²) in [6, 6.07) is 0. The van der Waals surface area contributed by atoms with E-state index >= 15 is 0 Å². The summed E-state index contributed by atoms with van der Waals surface area (Å²) in [5, 5.41) is 0. The lowest BCUT2D eigenvalue weighted by atomic mass is 10.3. The van der Waals surface area contributed by atoms with Crippen LogP contribution in [0.25, 0.3) is 0 Å². The third-order valence-electron chi connectivity index (χ3n) is 1.67. The molecule has 2 nitrogen and oxygen atoms in total. The number of hydrogen-bond donors (Lipinski definition) is 0. The van der Waals surface area contributed by atoms with Gasteiger partial charge in [0, 0.05) is 13.2 Å². The van der Waals surface area contributed by atoms with Crippen LogP contribution in [0.3, 0.4) is 0 Å². The molecule has 1 atom stereocenters. The van der Waals surface area contributed by atoms with Crippen LogP contribution >= 0.6 is 0 Å². The minimum Gasteiger partial charge on any atom is -0.359 e. The molecule has 68 valence electrons. The van der Waals surface area contributed by atoms with Gasteiger partial charge in [0.15, 0.2) is 0 Å². The zero-order valence-electron chi connectivity index (χ0n) is 6.76.